The second-order valence-corrected chi connectivity index (χ2v) is 5.03. The summed E-state index contributed by atoms with van der Waals surface area (Å²) in [6.07, 6.45) is 0.551. The van der Waals surface area contributed by atoms with Crippen LogP contribution in [-0.2, 0) is 6.42 Å². The van der Waals surface area contributed by atoms with E-state index in [0.29, 0.717) is 16.5 Å². The van der Waals surface area contributed by atoms with Crippen LogP contribution in [0.1, 0.15) is 5.56 Å². The lowest BCUT2D eigenvalue weighted by molar-refractivity contribution is -0.387. The Balaban J connectivity index is 1.95. The van der Waals surface area contributed by atoms with Gasteiger partial charge in [-0.3, -0.25) is 10.1 Å². The second-order valence-electron chi connectivity index (χ2n) is 4.22. The average Bonchev–Trinajstić information content (AvgIpc) is 2.42. The van der Waals surface area contributed by atoms with E-state index in [1.54, 1.807) is 12.1 Å². The molecule has 0 aliphatic carbocycles. The van der Waals surface area contributed by atoms with Gasteiger partial charge in [-0.15, -0.1) is 0 Å². The van der Waals surface area contributed by atoms with Crippen molar-refractivity contribution in [3.8, 4) is 5.75 Å². The number of halogens is 3. The van der Waals surface area contributed by atoms with Gasteiger partial charge in [0.25, 0.3) is 0 Å². The molecule has 0 radical (unpaired) electrons. The van der Waals surface area contributed by atoms with E-state index in [0.717, 1.165) is 17.7 Å². The van der Waals surface area contributed by atoms with Crippen molar-refractivity contribution in [2.45, 2.75) is 6.42 Å². The molecule has 0 fully saturated rings. The van der Waals surface area contributed by atoms with Gasteiger partial charge in [-0.1, -0.05) is 29.3 Å². The van der Waals surface area contributed by atoms with Crippen LogP contribution in [0.3, 0.4) is 0 Å². The number of benzene rings is 2. The average molecular weight is 330 g/mol. The van der Waals surface area contributed by atoms with Gasteiger partial charge in [0.05, 0.1) is 21.6 Å². The topological polar surface area (TPSA) is 52.4 Å². The van der Waals surface area contributed by atoms with Crippen molar-refractivity contribution in [2.75, 3.05) is 6.61 Å². The lowest BCUT2D eigenvalue weighted by atomic mass is 10.2. The maximum absolute atomic E-state index is 13.4. The van der Waals surface area contributed by atoms with Gasteiger partial charge in [-0.05, 0) is 23.8 Å². The number of hydrogen-bond donors (Lipinski definition) is 0. The third-order valence-electron chi connectivity index (χ3n) is 2.76. The fraction of sp³-hybridized carbons (Fsp3) is 0.143. The van der Waals surface area contributed by atoms with E-state index in [2.05, 4.69) is 0 Å². The van der Waals surface area contributed by atoms with Crippen molar-refractivity contribution < 1.29 is 14.1 Å². The third kappa shape index (κ3) is 4.06. The van der Waals surface area contributed by atoms with Gasteiger partial charge in [-0.25, -0.2) is 0 Å². The van der Waals surface area contributed by atoms with Crippen LogP contribution in [0, 0.1) is 15.9 Å². The first kappa shape index (κ1) is 15.5. The molecule has 0 unspecified atom stereocenters. The zero-order chi connectivity index (χ0) is 15.4. The summed E-state index contributed by atoms with van der Waals surface area (Å²) in [5, 5.41) is 11.4. The number of nitrogens with zero attached hydrogens (tertiary/aromatic N) is 1. The van der Waals surface area contributed by atoms with Crippen LogP contribution >= 0.6 is 23.2 Å². The van der Waals surface area contributed by atoms with Crippen LogP contribution in [0.2, 0.25) is 10.0 Å². The normalized spacial score (nSPS) is 10.4. The van der Waals surface area contributed by atoms with Crippen LogP contribution in [0.5, 0.6) is 5.75 Å². The van der Waals surface area contributed by atoms with Crippen LogP contribution in [0.25, 0.3) is 0 Å². The Morgan fingerprint density at radius 3 is 2.52 bits per heavy atom. The van der Waals surface area contributed by atoms with Crippen LogP contribution in [0.15, 0.2) is 36.4 Å². The molecule has 0 spiro atoms. The molecule has 0 bridgehead atoms. The smallest absolute Gasteiger partial charge is 0.305 e. The summed E-state index contributed by atoms with van der Waals surface area (Å²) in [5.74, 6) is -0.690. The van der Waals surface area contributed by atoms with Crippen molar-refractivity contribution in [3.05, 3.63) is 67.9 Å². The molecule has 2 rings (SSSR count). The van der Waals surface area contributed by atoms with Crippen molar-refractivity contribution in [3.63, 3.8) is 0 Å². The van der Waals surface area contributed by atoms with E-state index in [-0.39, 0.29) is 12.4 Å². The van der Waals surface area contributed by atoms with E-state index < -0.39 is 16.4 Å². The van der Waals surface area contributed by atoms with Gasteiger partial charge < -0.3 is 4.74 Å². The Morgan fingerprint density at radius 1 is 1.14 bits per heavy atom. The highest BCUT2D eigenvalue weighted by Gasteiger charge is 2.14. The largest absolute Gasteiger partial charge is 0.493 e. The SMILES string of the molecule is O=[N+]([O-])c1ccc(OCCc2ccc(Cl)c(Cl)c2)cc1F. The molecule has 2 aromatic rings. The fourth-order valence-corrected chi connectivity index (χ4v) is 2.03. The van der Waals surface area contributed by atoms with Gasteiger partial charge >= 0.3 is 5.69 Å². The molecule has 2 aromatic carbocycles. The van der Waals surface area contributed by atoms with Crippen LogP contribution in [0.4, 0.5) is 10.1 Å². The predicted molar refractivity (Wildman–Crippen MR) is 78.7 cm³/mol. The predicted octanol–water partition coefficient (Wildman–Crippen LogP) is 4.66. The summed E-state index contributed by atoms with van der Waals surface area (Å²) < 4.78 is 18.8. The summed E-state index contributed by atoms with van der Waals surface area (Å²) in [5.41, 5.74) is 0.346. The number of nitro benzene ring substituents is 1. The standard InChI is InChI=1S/C14H10Cl2FNO3/c15-11-3-1-9(7-12(11)16)5-6-21-10-2-4-14(18(19)20)13(17)8-10/h1-4,7-8H,5-6H2. The fourth-order valence-electron chi connectivity index (χ4n) is 1.71. The van der Waals surface area contributed by atoms with E-state index in [1.807, 2.05) is 6.07 Å². The molecule has 0 saturated heterocycles. The van der Waals surface area contributed by atoms with Crippen LogP contribution < -0.4 is 4.74 Å². The molecule has 0 atom stereocenters. The van der Waals surface area contributed by atoms with Gasteiger partial charge in [0.15, 0.2) is 0 Å². The third-order valence-corrected chi connectivity index (χ3v) is 3.50. The first-order valence-corrected chi connectivity index (χ1v) is 6.73. The highest BCUT2D eigenvalue weighted by molar-refractivity contribution is 6.42. The summed E-state index contributed by atoms with van der Waals surface area (Å²) in [6, 6.07) is 8.65. The van der Waals surface area contributed by atoms with Gasteiger partial charge in [0, 0.05) is 18.6 Å². The first-order valence-electron chi connectivity index (χ1n) is 5.98. The molecule has 110 valence electrons. The first-order chi connectivity index (χ1) is 9.97. The molecule has 0 heterocycles. The highest BCUT2D eigenvalue weighted by Crippen LogP contribution is 2.24. The van der Waals surface area contributed by atoms with E-state index in [4.69, 9.17) is 27.9 Å². The molecule has 0 saturated carbocycles. The number of hydrogen-bond acceptors (Lipinski definition) is 3. The molecular formula is C14H10Cl2FNO3. The Hall–Kier alpha value is -1.85. The van der Waals surface area contributed by atoms with Crippen molar-refractivity contribution in [1.29, 1.82) is 0 Å². The minimum Gasteiger partial charge on any atom is -0.493 e. The zero-order valence-electron chi connectivity index (χ0n) is 10.7. The highest BCUT2D eigenvalue weighted by atomic mass is 35.5. The summed E-state index contributed by atoms with van der Waals surface area (Å²) in [6.45, 7) is 0.287. The summed E-state index contributed by atoms with van der Waals surface area (Å²) in [7, 11) is 0. The second kappa shape index (κ2) is 6.74. The lowest BCUT2D eigenvalue weighted by Crippen LogP contribution is -2.02. The molecule has 0 aliphatic rings. The monoisotopic (exact) mass is 329 g/mol. The minimum absolute atomic E-state index is 0.234. The van der Waals surface area contributed by atoms with Crippen LogP contribution in [-0.4, -0.2) is 11.5 Å². The Morgan fingerprint density at radius 2 is 1.90 bits per heavy atom. The number of ether oxygens (including phenoxy) is 1. The van der Waals surface area contributed by atoms with Gasteiger partial charge in [0.1, 0.15) is 5.75 Å². The summed E-state index contributed by atoms with van der Waals surface area (Å²) >= 11 is 11.7. The molecule has 4 nitrogen and oxygen atoms in total. The van der Waals surface area contributed by atoms with Gasteiger partial charge in [0.2, 0.25) is 5.82 Å². The molecular weight excluding hydrogens is 320 g/mol. The molecule has 0 N–H and O–H groups in total. The minimum atomic E-state index is -0.924. The molecule has 7 heteroatoms. The number of rotatable bonds is 5. The molecule has 0 amide bonds. The summed E-state index contributed by atoms with van der Waals surface area (Å²) in [4.78, 5) is 9.71. The van der Waals surface area contributed by atoms with Crippen molar-refractivity contribution in [1.82, 2.24) is 0 Å². The lowest BCUT2D eigenvalue weighted by Gasteiger charge is -2.07. The van der Waals surface area contributed by atoms with E-state index >= 15 is 0 Å². The molecule has 0 aliphatic heterocycles. The van der Waals surface area contributed by atoms with E-state index in [9.17, 15) is 14.5 Å². The van der Waals surface area contributed by atoms with Crippen molar-refractivity contribution in [2.24, 2.45) is 0 Å². The van der Waals surface area contributed by atoms with Gasteiger partial charge in [-0.2, -0.15) is 4.39 Å². The van der Waals surface area contributed by atoms with E-state index in [1.165, 1.54) is 6.07 Å². The Kier molecular flexibility index (Phi) is 4.98. The molecule has 21 heavy (non-hydrogen) atoms. The quantitative estimate of drug-likeness (QED) is 0.592. The Bertz CT molecular complexity index is 679. The molecule has 0 aromatic heterocycles. The van der Waals surface area contributed by atoms with Crippen molar-refractivity contribution >= 4 is 28.9 Å². The number of nitro groups is 1. The maximum atomic E-state index is 13.4. The zero-order valence-corrected chi connectivity index (χ0v) is 12.2. The Labute approximate surface area is 130 Å². The maximum Gasteiger partial charge on any atom is 0.305 e.